The number of benzene rings is 1. The number of nitrogens with zero attached hydrogens (tertiary/aromatic N) is 2. The van der Waals surface area contributed by atoms with Crippen LogP contribution in [0, 0.1) is 0 Å². The SMILES string of the molecule is Nc1ncnc2c1sc1ccc(C(F)(F)F)cc12. The van der Waals surface area contributed by atoms with Crippen LogP contribution in [0.3, 0.4) is 0 Å². The molecule has 0 saturated carbocycles. The lowest BCUT2D eigenvalue weighted by Gasteiger charge is -2.05. The third kappa shape index (κ3) is 1.59. The van der Waals surface area contributed by atoms with Crippen LogP contribution >= 0.6 is 11.3 Å². The lowest BCUT2D eigenvalue weighted by Crippen LogP contribution is -2.03. The van der Waals surface area contributed by atoms with Gasteiger partial charge in [0.15, 0.2) is 0 Å². The molecule has 0 bridgehead atoms. The van der Waals surface area contributed by atoms with Crippen LogP contribution in [-0.4, -0.2) is 9.97 Å². The molecule has 18 heavy (non-hydrogen) atoms. The van der Waals surface area contributed by atoms with Crippen LogP contribution in [-0.2, 0) is 6.18 Å². The van der Waals surface area contributed by atoms with E-state index in [4.69, 9.17) is 5.73 Å². The quantitative estimate of drug-likeness (QED) is 0.680. The Kier molecular flexibility index (Phi) is 2.21. The Morgan fingerprint density at radius 3 is 2.67 bits per heavy atom. The molecule has 2 heterocycles. The molecule has 2 aromatic heterocycles. The molecule has 0 aliphatic carbocycles. The average Bonchev–Trinajstić information content (AvgIpc) is 2.67. The second-order valence-electron chi connectivity index (χ2n) is 3.75. The zero-order valence-electron chi connectivity index (χ0n) is 8.82. The molecular weight excluding hydrogens is 263 g/mol. The number of fused-ring (bicyclic) bond motifs is 3. The Hall–Kier alpha value is -1.89. The highest BCUT2D eigenvalue weighted by atomic mass is 32.1. The molecule has 0 spiro atoms. The van der Waals surface area contributed by atoms with Crippen molar-refractivity contribution in [2.75, 3.05) is 5.73 Å². The van der Waals surface area contributed by atoms with Crippen molar-refractivity contribution in [3.8, 4) is 0 Å². The normalized spacial score (nSPS) is 12.4. The number of rotatable bonds is 0. The number of nitrogen functional groups attached to an aromatic ring is 1. The zero-order valence-corrected chi connectivity index (χ0v) is 9.64. The third-order valence-electron chi connectivity index (χ3n) is 2.61. The standard InChI is InChI=1S/C11H6F3N3S/c12-11(13,14)5-1-2-7-6(3-5)8-9(18-7)10(15)17-4-16-8/h1-4H,(H2,15,16,17). The van der Waals surface area contributed by atoms with Crippen molar-refractivity contribution in [2.24, 2.45) is 0 Å². The van der Waals surface area contributed by atoms with E-state index in [-0.39, 0.29) is 5.82 Å². The Morgan fingerprint density at radius 1 is 1.17 bits per heavy atom. The van der Waals surface area contributed by atoms with Crippen molar-refractivity contribution >= 4 is 37.5 Å². The monoisotopic (exact) mass is 269 g/mol. The molecule has 0 amide bonds. The molecule has 0 radical (unpaired) electrons. The highest BCUT2D eigenvalue weighted by Crippen LogP contribution is 2.38. The summed E-state index contributed by atoms with van der Waals surface area (Å²) in [6, 6.07) is 3.59. The lowest BCUT2D eigenvalue weighted by molar-refractivity contribution is -0.137. The van der Waals surface area contributed by atoms with Gasteiger partial charge in [0, 0.05) is 10.1 Å². The molecule has 0 fully saturated rings. The number of halogens is 3. The van der Waals surface area contributed by atoms with Crippen LogP contribution in [0.15, 0.2) is 24.5 Å². The van der Waals surface area contributed by atoms with Gasteiger partial charge >= 0.3 is 6.18 Å². The third-order valence-corrected chi connectivity index (χ3v) is 3.79. The van der Waals surface area contributed by atoms with Crippen LogP contribution in [0.2, 0.25) is 0 Å². The predicted molar refractivity (Wildman–Crippen MR) is 64.3 cm³/mol. The second-order valence-corrected chi connectivity index (χ2v) is 4.80. The van der Waals surface area contributed by atoms with Gasteiger partial charge in [-0.25, -0.2) is 9.97 Å². The van der Waals surface area contributed by atoms with E-state index >= 15 is 0 Å². The van der Waals surface area contributed by atoms with Gasteiger partial charge in [0.05, 0.1) is 15.8 Å². The van der Waals surface area contributed by atoms with Crippen LogP contribution in [0.1, 0.15) is 5.56 Å². The average molecular weight is 269 g/mol. The van der Waals surface area contributed by atoms with E-state index in [0.717, 1.165) is 12.1 Å². The number of aromatic nitrogens is 2. The van der Waals surface area contributed by atoms with Crippen LogP contribution in [0.25, 0.3) is 20.3 Å². The Bertz CT molecular complexity index is 748. The van der Waals surface area contributed by atoms with Crippen molar-refractivity contribution in [2.45, 2.75) is 6.18 Å². The number of thiophene rings is 1. The minimum atomic E-state index is -4.36. The summed E-state index contributed by atoms with van der Waals surface area (Å²) in [6.07, 6.45) is -3.11. The fourth-order valence-corrected chi connectivity index (χ4v) is 2.81. The van der Waals surface area contributed by atoms with Gasteiger partial charge in [0.2, 0.25) is 0 Å². The van der Waals surface area contributed by atoms with E-state index < -0.39 is 11.7 Å². The van der Waals surface area contributed by atoms with Crippen molar-refractivity contribution in [3.63, 3.8) is 0 Å². The van der Waals surface area contributed by atoms with Crippen molar-refractivity contribution < 1.29 is 13.2 Å². The lowest BCUT2D eigenvalue weighted by atomic mass is 10.1. The number of hydrogen-bond acceptors (Lipinski definition) is 4. The first-order valence-electron chi connectivity index (χ1n) is 4.97. The minimum absolute atomic E-state index is 0.287. The van der Waals surface area contributed by atoms with Gasteiger partial charge in [-0.2, -0.15) is 13.2 Å². The maximum atomic E-state index is 12.6. The fourth-order valence-electron chi connectivity index (χ4n) is 1.77. The molecule has 0 atom stereocenters. The van der Waals surface area contributed by atoms with Gasteiger partial charge in [-0.15, -0.1) is 11.3 Å². The summed E-state index contributed by atoms with van der Waals surface area (Å²) in [7, 11) is 0. The van der Waals surface area contributed by atoms with Gasteiger partial charge in [0.1, 0.15) is 12.1 Å². The maximum absolute atomic E-state index is 12.6. The predicted octanol–water partition coefficient (Wildman–Crippen LogP) is 3.45. The smallest absolute Gasteiger partial charge is 0.382 e. The first-order valence-corrected chi connectivity index (χ1v) is 5.78. The Balaban J connectivity index is 2.40. The summed E-state index contributed by atoms with van der Waals surface area (Å²) in [4.78, 5) is 7.83. The maximum Gasteiger partial charge on any atom is 0.416 e. The van der Waals surface area contributed by atoms with Gasteiger partial charge in [-0.1, -0.05) is 0 Å². The van der Waals surface area contributed by atoms with E-state index in [1.165, 1.54) is 23.7 Å². The summed E-state index contributed by atoms with van der Waals surface area (Å²) in [6.45, 7) is 0. The zero-order chi connectivity index (χ0) is 12.9. The largest absolute Gasteiger partial charge is 0.416 e. The number of anilines is 1. The molecule has 7 heteroatoms. The molecule has 0 unspecified atom stereocenters. The van der Waals surface area contributed by atoms with Gasteiger partial charge < -0.3 is 5.73 Å². The molecule has 0 aliphatic rings. The Labute approximate surface area is 103 Å². The van der Waals surface area contributed by atoms with Crippen LogP contribution in [0.5, 0.6) is 0 Å². The van der Waals surface area contributed by atoms with Crippen molar-refractivity contribution in [3.05, 3.63) is 30.1 Å². The molecule has 2 N–H and O–H groups in total. The molecule has 3 rings (SSSR count). The summed E-state index contributed by atoms with van der Waals surface area (Å²) >= 11 is 1.29. The molecule has 1 aromatic carbocycles. The summed E-state index contributed by atoms with van der Waals surface area (Å²) in [5.41, 5.74) is 5.46. The van der Waals surface area contributed by atoms with E-state index in [2.05, 4.69) is 9.97 Å². The van der Waals surface area contributed by atoms with E-state index in [1.807, 2.05) is 0 Å². The highest BCUT2D eigenvalue weighted by Gasteiger charge is 2.30. The molecular formula is C11H6F3N3S. The van der Waals surface area contributed by atoms with Gasteiger partial charge in [-0.05, 0) is 18.2 Å². The summed E-state index contributed by atoms with van der Waals surface area (Å²) in [5.74, 6) is 0.287. The van der Waals surface area contributed by atoms with Crippen molar-refractivity contribution in [1.82, 2.24) is 9.97 Å². The fraction of sp³-hybridized carbons (Fsp3) is 0.0909. The van der Waals surface area contributed by atoms with E-state index in [0.29, 0.717) is 20.3 Å². The summed E-state index contributed by atoms with van der Waals surface area (Å²) in [5, 5.41) is 0.457. The number of nitrogens with two attached hydrogens (primary N) is 1. The van der Waals surface area contributed by atoms with Crippen molar-refractivity contribution in [1.29, 1.82) is 0 Å². The highest BCUT2D eigenvalue weighted by molar-refractivity contribution is 7.26. The Morgan fingerprint density at radius 2 is 1.94 bits per heavy atom. The van der Waals surface area contributed by atoms with Crippen LogP contribution in [0.4, 0.5) is 19.0 Å². The first kappa shape index (κ1) is 11.2. The molecule has 92 valence electrons. The van der Waals surface area contributed by atoms with Gasteiger partial charge in [-0.3, -0.25) is 0 Å². The first-order chi connectivity index (χ1) is 8.47. The van der Waals surface area contributed by atoms with E-state index in [1.54, 1.807) is 0 Å². The second kappa shape index (κ2) is 3.55. The van der Waals surface area contributed by atoms with Gasteiger partial charge in [0.25, 0.3) is 0 Å². The molecule has 3 nitrogen and oxygen atoms in total. The number of alkyl halides is 3. The molecule has 0 aliphatic heterocycles. The topological polar surface area (TPSA) is 51.8 Å². The van der Waals surface area contributed by atoms with Crippen LogP contribution < -0.4 is 5.73 Å². The number of hydrogen-bond donors (Lipinski definition) is 1. The molecule has 0 saturated heterocycles. The minimum Gasteiger partial charge on any atom is -0.382 e. The molecule has 3 aromatic rings. The summed E-state index contributed by atoms with van der Waals surface area (Å²) < 4.78 is 39.3. The van der Waals surface area contributed by atoms with E-state index in [9.17, 15) is 13.2 Å².